The van der Waals surface area contributed by atoms with Gasteiger partial charge in [0.1, 0.15) is 11.6 Å². The summed E-state index contributed by atoms with van der Waals surface area (Å²) in [6.45, 7) is 5.70. The lowest BCUT2D eigenvalue weighted by Gasteiger charge is -2.33. The lowest BCUT2D eigenvalue weighted by molar-refractivity contribution is -0.123. The van der Waals surface area contributed by atoms with Crippen LogP contribution in [0.2, 0.25) is 0 Å². The van der Waals surface area contributed by atoms with E-state index in [1.165, 1.54) is 12.1 Å². The fourth-order valence-electron chi connectivity index (χ4n) is 5.64. The first-order valence-corrected chi connectivity index (χ1v) is 13.1. The minimum atomic E-state index is -0.472. The number of aromatic amines is 1. The highest BCUT2D eigenvalue weighted by molar-refractivity contribution is 5.94. The van der Waals surface area contributed by atoms with Gasteiger partial charge in [0.2, 0.25) is 5.91 Å². The third-order valence-corrected chi connectivity index (χ3v) is 7.78. The lowest BCUT2D eigenvalue weighted by Crippen LogP contribution is -2.34. The summed E-state index contributed by atoms with van der Waals surface area (Å²) in [6.07, 6.45) is 8.39. The van der Waals surface area contributed by atoms with Crippen LogP contribution in [0.5, 0.6) is 0 Å². The van der Waals surface area contributed by atoms with Gasteiger partial charge in [0.05, 0.1) is 23.4 Å². The van der Waals surface area contributed by atoms with Gasteiger partial charge in [0.15, 0.2) is 5.65 Å². The van der Waals surface area contributed by atoms with Gasteiger partial charge in [-0.15, -0.1) is 0 Å². The molecule has 0 radical (unpaired) electrons. The van der Waals surface area contributed by atoms with Crippen LogP contribution < -0.4 is 16.2 Å². The zero-order valence-corrected chi connectivity index (χ0v) is 21.8. The summed E-state index contributed by atoms with van der Waals surface area (Å²) in [7, 11) is 0. The number of fused-ring (bicyclic) bond motifs is 2. The Bertz CT molecular complexity index is 1480. The van der Waals surface area contributed by atoms with Crippen molar-refractivity contribution < 1.29 is 9.18 Å². The fraction of sp³-hybridized carbons (Fsp3) is 0.379. The molecular formula is C29H32FN7O. The number of rotatable bonds is 4. The number of halogens is 1. The number of hydrazine groups is 1. The molecule has 6 rings (SSSR count). The molecule has 3 aromatic heterocycles. The smallest absolute Gasteiger partial charge is 0.229 e. The van der Waals surface area contributed by atoms with Crippen LogP contribution in [-0.4, -0.2) is 31.9 Å². The number of carbonyl (C=O) groups excluding carboxylic acids is 1. The van der Waals surface area contributed by atoms with E-state index in [0.29, 0.717) is 23.5 Å². The molecule has 2 aliphatic rings. The van der Waals surface area contributed by atoms with Gasteiger partial charge in [-0.2, -0.15) is 0 Å². The molecule has 9 heteroatoms. The summed E-state index contributed by atoms with van der Waals surface area (Å²) in [5.74, 6) is 1.20. The number of aromatic nitrogens is 4. The number of hydrogen-bond donors (Lipinski definition) is 4. The highest BCUT2D eigenvalue weighted by Crippen LogP contribution is 2.44. The molecule has 0 spiro atoms. The summed E-state index contributed by atoms with van der Waals surface area (Å²) in [5.41, 5.74) is 11.7. The van der Waals surface area contributed by atoms with Crippen molar-refractivity contribution in [2.75, 3.05) is 5.32 Å². The van der Waals surface area contributed by atoms with Crippen molar-refractivity contribution in [2.45, 2.75) is 58.0 Å². The molecule has 4 heterocycles. The first-order valence-electron chi connectivity index (χ1n) is 13.1. The van der Waals surface area contributed by atoms with E-state index in [9.17, 15) is 9.18 Å². The molecule has 1 aliphatic carbocycles. The molecule has 1 saturated heterocycles. The number of hydrogen-bond acceptors (Lipinski definition) is 6. The molecule has 2 fully saturated rings. The topological polar surface area (TPSA) is 108 Å². The van der Waals surface area contributed by atoms with Crippen LogP contribution in [0.25, 0.3) is 22.3 Å². The van der Waals surface area contributed by atoms with Crippen LogP contribution in [0.1, 0.15) is 63.4 Å². The van der Waals surface area contributed by atoms with Gasteiger partial charge < -0.3 is 10.3 Å². The van der Waals surface area contributed by atoms with Crippen molar-refractivity contribution in [1.82, 2.24) is 30.8 Å². The van der Waals surface area contributed by atoms with Crippen molar-refractivity contribution in [3.63, 3.8) is 0 Å². The maximum atomic E-state index is 13.5. The second-order valence-electron chi connectivity index (χ2n) is 11.4. The number of nitrogens with zero attached hydrogens (tertiary/aromatic N) is 3. The van der Waals surface area contributed by atoms with Crippen LogP contribution in [0, 0.1) is 17.2 Å². The maximum absolute atomic E-state index is 13.5. The maximum Gasteiger partial charge on any atom is 0.229 e. The van der Waals surface area contributed by atoms with E-state index in [4.69, 9.17) is 4.98 Å². The van der Waals surface area contributed by atoms with E-state index in [1.54, 1.807) is 24.5 Å². The van der Waals surface area contributed by atoms with E-state index in [2.05, 4.69) is 37.2 Å². The number of imidazole rings is 1. The molecule has 0 bridgehead atoms. The van der Waals surface area contributed by atoms with E-state index in [-0.39, 0.29) is 17.8 Å². The van der Waals surface area contributed by atoms with Crippen molar-refractivity contribution in [2.24, 2.45) is 11.3 Å². The van der Waals surface area contributed by atoms with Gasteiger partial charge in [-0.1, -0.05) is 32.9 Å². The Morgan fingerprint density at radius 3 is 2.68 bits per heavy atom. The first kappa shape index (κ1) is 24.6. The molecule has 1 amide bonds. The molecule has 1 aromatic carbocycles. The molecule has 1 aliphatic heterocycles. The number of pyridine rings is 2. The number of carbonyl (C=O) groups is 1. The van der Waals surface area contributed by atoms with Gasteiger partial charge in [-0.25, -0.2) is 19.8 Å². The Labute approximate surface area is 220 Å². The monoisotopic (exact) mass is 513 g/mol. The zero-order chi connectivity index (χ0) is 26.4. The van der Waals surface area contributed by atoms with Crippen LogP contribution in [-0.2, 0) is 4.79 Å². The molecule has 196 valence electrons. The first-order chi connectivity index (χ1) is 18.3. The van der Waals surface area contributed by atoms with Crippen molar-refractivity contribution >= 4 is 22.8 Å². The van der Waals surface area contributed by atoms with Gasteiger partial charge in [-0.3, -0.25) is 15.2 Å². The number of benzene rings is 1. The van der Waals surface area contributed by atoms with Gasteiger partial charge >= 0.3 is 0 Å². The van der Waals surface area contributed by atoms with E-state index >= 15 is 0 Å². The number of amides is 1. The fourth-order valence-corrected chi connectivity index (χ4v) is 5.64. The number of anilines is 1. The predicted molar refractivity (Wildman–Crippen MR) is 144 cm³/mol. The summed E-state index contributed by atoms with van der Waals surface area (Å²) in [5, 5.41) is 3.01. The standard InChI is InChI=1S/C29H32FN7O/c1-29(2,3)28(38)33-20-12-18(14-31-15-20)17-6-9-23-22(13-17)25(37-36-23)27-34-24-21(10-11-32-26(24)35-27)16-4-7-19(30)8-5-16/h4-5,7-8,10-12,14-15,17,22-23,25,36-37H,6,9,13H2,1-3H3,(H,33,38)(H,32,34,35). The van der Waals surface area contributed by atoms with Crippen LogP contribution >= 0.6 is 0 Å². The average Bonchev–Trinajstić information content (AvgIpc) is 3.52. The van der Waals surface area contributed by atoms with E-state index < -0.39 is 5.41 Å². The molecule has 1 saturated carbocycles. The van der Waals surface area contributed by atoms with Crippen LogP contribution in [0.15, 0.2) is 55.0 Å². The highest BCUT2D eigenvalue weighted by Gasteiger charge is 2.42. The zero-order valence-electron chi connectivity index (χ0n) is 21.8. The Balaban J connectivity index is 1.25. The van der Waals surface area contributed by atoms with Crippen molar-refractivity contribution in [1.29, 1.82) is 0 Å². The molecule has 8 nitrogen and oxygen atoms in total. The molecular weight excluding hydrogens is 481 g/mol. The summed E-state index contributed by atoms with van der Waals surface area (Å²) in [4.78, 5) is 29.8. The molecule has 4 unspecified atom stereocenters. The Hall–Kier alpha value is -3.69. The third-order valence-electron chi connectivity index (χ3n) is 7.78. The van der Waals surface area contributed by atoms with Gasteiger partial charge in [-0.05, 0) is 66.5 Å². The minimum absolute atomic E-state index is 0.00481. The average molecular weight is 514 g/mol. The van der Waals surface area contributed by atoms with Gasteiger partial charge in [0, 0.05) is 29.4 Å². The predicted octanol–water partition coefficient (Wildman–Crippen LogP) is 5.25. The molecule has 4 atom stereocenters. The largest absolute Gasteiger partial charge is 0.339 e. The normalized spacial score (nSPS) is 23.4. The third kappa shape index (κ3) is 4.68. The number of H-pyrrole nitrogens is 1. The van der Waals surface area contributed by atoms with Crippen molar-refractivity contribution in [3.8, 4) is 11.1 Å². The van der Waals surface area contributed by atoms with E-state index in [1.807, 2.05) is 33.0 Å². The Kier molecular flexibility index (Phi) is 6.20. The second-order valence-corrected chi connectivity index (χ2v) is 11.4. The quantitative estimate of drug-likeness (QED) is 0.297. The molecule has 4 aromatic rings. The summed E-state index contributed by atoms with van der Waals surface area (Å²) in [6, 6.07) is 10.8. The van der Waals surface area contributed by atoms with Crippen LogP contribution in [0.3, 0.4) is 0 Å². The number of nitrogens with one attached hydrogen (secondary N) is 4. The minimum Gasteiger partial charge on any atom is -0.339 e. The Morgan fingerprint density at radius 1 is 1.08 bits per heavy atom. The second kappa shape index (κ2) is 9.56. The van der Waals surface area contributed by atoms with Crippen molar-refractivity contribution in [3.05, 3.63) is 72.2 Å². The lowest BCUT2D eigenvalue weighted by atomic mass is 9.73. The SMILES string of the molecule is CC(C)(C)C(=O)Nc1cncc(C2CCC3NNC(c4nc5nccc(-c6ccc(F)cc6)c5[nH]4)C3C2)c1. The molecule has 38 heavy (non-hydrogen) atoms. The highest BCUT2D eigenvalue weighted by atomic mass is 19.1. The van der Waals surface area contributed by atoms with E-state index in [0.717, 1.165) is 53.0 Å². The van der Waals surface area contributed by atoms with Crippen LogP contribution in [0.4, 0.5) is 10.1 Å². The summed E-state index contributed by atoms with van der Waals surface area (Å²) >= 11 is 0. The molecule has 4 N–H and O–H groups in total. The Morgan fingerprint density at radius 2 is 1.89 bits per heavy atom. The summed E-state index contributed by atoms with van der Waals surface area (Å²) < 4.78 is 13.5. The van der Waals surface area contributed by atoms with Gasteiger partial charge in [0.25, 0.3) is 0 Å².